The van der Waals surface area contributed by atoms with E-state index in [4.69, 9.17) is 13.6 Å². The first-order valence-corrected chi connectivity index (χ1v) is 8.98. The first kappa shape index (κ1) is 13.5. The monoisotopic (exact) mass is 258 g/mol. The van der Waals surface area contributed by atoms with Crippen molar-refractivity contribution in [1.29, 1.82) is 0 Å². The van der Waals surface area contributed by atoms with Gasteiger partial charge in [0.2, 0.25) is 0 Å². The fraction of sp³-hybridized carbons (Fsp3) is 1.00. The second-order valence-electron chi connectivity index (χ2n) is 5.16. The van der Waals surface area contributed by atoms with Crippen molar-refractivity contribution in [3.05, 3.63) is 0 Å². The Kier molecular flexibility index (Phi) is 5.47. The van der Waals surface area contributed by atoms with Crippen LogP contribution in [0.4, 0.5) is 0 Å². The van der Waals surface area contributed by atoms with Gasteiger partial charge in [-0.25, -0.2) is 0 Å². The van der Waals surface area contributed by atoms with Crippen LogP contribution in [0.2, 0.25) is 6.04 Å². The molecule has 2 rings (SSSR count). The summed E-state index contributed by atoms with van der Waals surface area (Å²) in [6.07, 6.45) is 7.86. The molecule has 3 atom stereocenters. The lowest BCUT2D eigenvalue weighted by Gasteiger charge is -2.20. The molecule has 0 aromatic rings. The minimum absolute atomic E-state index is 0.626. The first-order valence-electron chi connectivity index (χ1n) is 7.22. The van der Waals surface area contributed by atoms with E-state index in [1.165, 1.54) is 38.1 Å². The molecule has 1 aliphatic carbocycles. The maximum atomic E-state index is 5.69. The van der Waals surface area contributed by atoms with Gasteiger partial charge < -0.3 is 13.6 Å². The third-order valence-electron chi connectivity index (χ3n) is 3.87. The molecule has 4 heteroatoms. The highest BCUT2D eigenvalue weighted by molar-refractivity contribution is 6.44. The van der Waals surface area contributed by atoms with E-state index in [1.54, 1.807) is 0 Å². The topological polar surface area (TPSA) is 31.0 Å². The molecule has 0 aromatic carbocycles. The highest BCUT2D eigenvalue weighted by atomic mass is 28.3. The summed E-state index contributed by atoms with van der Waals surface area (Å²) < 4.78 is 17.0. The van der Waals surface area contributed by atoms with Crippen LogP contribution in [-0.4, -0.2) is 34.7 Å². The molecule has 0 spiro atoms. The minimum Gasteiger partial charge on any atom is -0.397 e. The van der Waals surface area contributed by atoms with Crippen molar-refractivity contribution in [2.24, 2.45) is 5.92 Å². The van der Waals surface area contributed by atoms with Crippen LogP contribution < -0.4 is 0 Å². The van der Waals surface area contributed by atoms with Gasteiger partial charge in [0.25, 0.3) is 0 Å². The van der Waals surface area contributed by atoms with Crippen molar-refractivity contribution < 1.29 is 13.6 Å². The van der Waals surface area contributed by atoms with Crippen molar-refractivity contribution in [3.63, 3.8) is 0 Å². The van der Waals surface area contributed by atoms with E-state index >= 15 is 0 Å². The Morgan fingerprint density at radius 1 is 1.12 bits per heavy atom. The molecule has 0 radical (unpaired) electrons. The highest BCUT2D eigenvalue weighted by Gasteiger charge is 2.43. The van der Waals surface area contributed by atoms with E-state index < -0.39 is 9.28 Å². The molecule has 0 aromatic heterocycles. The molecule has 1 saturated heterocycles. The number of hydrogen-bond donors (Lipinski definition) is 0. The molecular weight excluding hydrogens is 232 g/mol. The van der Waals surface area contributed by atoms with Crippen molar-refractivity contribution in [2.75, 3.05) is 13.2 Å². The van der Waals surface area contributed by atoms with Gasteiger partial charge in [0.1, 0.15) is 0 Å². The van der Waals surface area contributed by atoms with Crippen LogP contribution >= 0.6 is 0 Å². The van der Waals surface area contributed by atoms with Gasteiger partial charge in [-0.3, -0.25) is 0 Å². The van der Waals surface area contributed by atoms with Gasteiger partial charge in [0.15, 0.2) is 0 Å². The molecule has 3 nitrogen and oxygen atoms in total. The average molecular weight is 258 g/mol. The molecule has 0 amide bonds. The number of ether oxygens (including phenoxy) is 1. The minimum atomic E-state index is -1.34. The zero-order valence-electron chi connectivity index (χ0n) is 11.2. The molecule has 100 valence electrons. The summed E-state index contributed by atoms with van der Waals surface area (Å²) >= 11 is 0. The average Bonchev–Trinajstić information content (AvgIpc) is 3.08. The summed E-state index contributed by atoms with van der Waals surface area (Å²) in [5, 5.41) is 0. The van der Waals surface area contributed by atoms with Crippen LogP contribution in [-0.2, 0) is 13.6 Å². The third kappa shape index (κ3) is 4.36. The standard InChI is InChI=1S/C13H26O3Si/c1-3-14-17(15-4-2)9-5-6-11-7-8-12-13(10-11)16-12/h11-13,17H,3-10H2,1-2H3. The molecule has 17 heavy (non-hydrogen) atoms. The molecule has 2 fully saturated rings. The lowest BCUT2D eigenvalue weighted by atomic mass is 9.86. The molecular formula is C13H26O3Si. The van der Waals surface area contributed by atoms with E-state index in [0.717, 1.165) is 19.1 Å². The van der Waals surface area contributed by atoms with Crippen LogP contribution in [0, 0.1) is 5.92 Å². The molecule has 0 bridgehead atoms. The Bertz CT molecular complexity index is 217. The maximum absolute atomic E-state index is 5.69. The summed E-state index contributed by atoms with van der Waals surface area (Å²) in [5.41, 5.74) is 0. The van der Waals surface area contributed by atoms with Crippen LogP contribution in [0.3, 0.4) is 0 Å². The zero-order valence-corrected chi connectivity index (χ0v) is 12.3. The van der Waals surface area contributed by atoms with Gasteiger partial charge in [-0.1, -0.05) is 12.8 Å². The van der Waals surface area contributed by atoms with Gasteiger partial charge in [-0.15, -0.1) is 0 Å². The lowest BCUT2D eigenvalue weighted by Crippen LogP contribution is -2.23. The van der Waals surface area contributed by atoms with Crippen LogP contribution in [0.25, 0.3) is 0 Å². The second-order valence-corrected chi connectivity index (χ2v) is 7.27. The molecule has 3 unspecified atom stereocenters. The summed E-state index contributed by atoms with van der Waals surface area (Å²) in [6.45, 7) is 5.73. The fourth-order valence-electron chi connectivity index (χ4n) is 2.91. The van der Waals surface area contributed by atoms with Gasteiger partial charge in [-0.2, -0.15) is 0 Å². The fourth-order valence-corrected chi connectivity index (χ4v) is 4.65. The summed E-state index contributed by atoms with van der Waals surface area (Å²) in [4.78, 5) is 0. The lowest BCUT2D eigenvalue weighted by molar-refractivity contribution is 0.211. The summed E-state index contributed by atoms with van der Waals surface area (Å²) in [6, 6.07) is 1.17. The number of epoxide rings is 1. The Balaban J connectivity index is 1.57. The van der Waals surface area contributed by atoms with E-state index in [0.29, 0.717) is 12.2 Å². The molecule has 1 aliphatic heterocycles. The van der Waals surface area contributed by atoms with Crippen molar-refractivity contribution in [3.8, 4) is 0 Å². The Morgan fingerprint density at radius 3 is 2.53 bits per heavy atom. The second kappa shape index (κ2) is 6.88. The van der Waals surface area contributed by atoms with Crippen molar-refractivity contribution in [2.45, 2.75) is 64.2 Å². The quantitative estimate of drug-likeness (QED) is 0.495. The largest absolute Gasteiger partial charge is 0.397 e. The van der Waals surface area contributed by atoms with Crippen LogP contribution in [0.1, 0.15) is 46.0 Å². The highest BCUT2D eigenvalue weighted by Crippen LogP contribution is 2.41. The van der Waals surface area contributed by atoms with Gasteiger partial charge >= 0.3 is 9.28 Å². The van der Waals surface area contributed by atoms with Crippen LogP contribution in [0.15, 0.2) is 0 Å². The van der Waals surface area contributed by atoms with Gasteiger partial charge in [0.05, 0.1) is 12.2 Å². The van der Waals surface area contributed by atoms with Crippen LogP contribution in [0.5, 0.6) is 0 Å². The van der Waals surface area contributed by atoms with E-state index in [2.05, 4.69) is 13.8 Å². The van der Waals surface area contributed by atoms with Crippen molar-refractivity contribution in [1.82, 2.24) is 0 Å². The van der Waals surface area contributed by atoms with E-state index in [9.17, 15) is 0 Å². The molecule has 2 aliphatic rings. The number of fused-ring (bicyclic) bond motifs is 1. The Morgan fingerprint density at radius 2 is 1.88 bits per heavy atom. The summed E-state index contributed by atoms with van der Waals surface area (Å²) in [7, 11) is -1.34. The van der Waals surface area contributed by atoms with Crippen molar-refractivity contribution >= 4 is 9.28 Å². The third-order valence-corrected chi connectivity index (χ3v) is 6.16. The predicted molar refractivity (Wildman–Crippen MR) is 70.4 cm³/mol. The Labute approximate surface area is 107 Å². The summed E-state index contributed by atoms with van der Waals surface area (Å²) in [5.74, 6) is 0.900. The first-order chi connectivity index (χ1) is 8.33. The smallest absolute Gasteiger partial charge is 0.321 e. The number of rotatable bonds is 8. The molecule has 0 N–H and O–H groups in total. The Hall–Kier alpha value is 0.0969. The SMILES string of the molecule is CCO[SiH](CCCC1CCC2OC2C1)OCC. The van der Waals surface area contributed by atoms with Gasteiger partial charge in [0, 0.05) is 13.2 Å². The van der Waals surface area contributed by atoms with Gasteiger partial charge in [-0.05, 0) is 45.1 Å². The zero-order chi connectivity index (χ0) is 12.1. The van der Waals surface area contributed by atoms with E-state index in [-0.39, 0.29) is 0 Å². The maximum Gasteiger partial charge on any atom is 0.321 e. The van der Waals surface area contributed by atoms with E-state index in [1.807, 2.05) is 0 Å². The molecule has 1 heterocycles. The molecule has 1 saturated carbocycles. The number of hydrogen-bond acceptors (Lipinski definition) is 3. The normalized spacial score (nSPS) is 31.6. The predicted octanol–water partition coefficient (Wildman–Crippen LogP) is 2.63.